The Bertz CT molecular complexity index is 765. The predicted molar refractivity (Wildman–Crippen MR) is 116 cm³/mol. The van der Waals surface area contributed by atoms with Crippen molar-refractivity contribution in [2.75, 3.05) is 33.4 Å². The Morgan fingerprint density at radius 3 is 2.69 bits per heavy atom. The second-order valence-corrected chi connectivity index (χ2v) is 9.09. The summed E-state index contributed by atoms with van der Waals surface area (Å²) in [5, 5.41) is 23.2. The molecule has 3 rings (SSSR count). The average molecular weight is 441 g/mol. The van der Waals surface area contributed by atoms with E-state index in [1.54, 1.807) is 18.4 Å². The summed E-state index contributed by atoms with van der Waals surface area (Å²) < 4.78 is 12.1. The van der Waals surface area contributed by atoms with Crippen molar-refractivity contribution in [1.29, 1.82) is 0 Å². The van der Waals surface area contributed by atoms with Crippen LogP contribution in [0.4, 0.5) is 0 Å². The van der Waals surface area contributed by atoms with Crippen LogP contribution in [0.2, 0.25) is 4.34 Å². The highest BCUT2D eigenvalue weighted by atomic mass is 35.5. The van der Waals surface area contributed by atoms with Gasteiger partial charge in [-0.15, -0.1) is 11.3 Å². The standard InChI is InChI=1S/C21H29ClN2O4S/c1-27-20-10-15(11-23-12-18-3-5-21(22)29-18)2-4-19(20)28-14-17(26)13-24-8-6-16(25)7-9-24/h2-5,10,16-17,23,25-26H,6-9,11-14H2,1H3. The second-order valence-electron chi connectivity index (χ2n) is 7.29. The quantitative estimate of drug-likeness (QED) is 0.527. The van der Waals surface area contributed by atoms with Crippen LogP contribution in [0.1, 0.15) is 23.3 Å². The van der Waals surface area contributed by atoms with Crippen molar-refractivity contribution >= 4 is 22.9 Å². The molecule has 2 aromatic rings. The normalized spacial score (nSPS) is 16.7. The molecule has 0 spiro atoms. The number of ether oxygens (including phenoxy) is 2. The molecule has 29 heavy (non-hydrogen) atoms. The lowest BCUT2D eigenvalue weighted by atomic mass is 10.1. The largest absolute Gasteiger partial charge is 0.493 e. The van der Waals surface area contributed by atoms with E-state index in [1.165, 1.54) is 4.88 Å². The number of aliphatic hydroxyl groups excluding tert-OH is 2. The summed E-state index contributed by atoms with van der Waals surface area (Å²) in [5.74, 6) is 1.27. The van der Waals surface area contributed by atoms with Crippen LogP contribution in [0.15, 0.2) is 30.3 Å². The number of rotatable bonds is 10. The number of piperidine rings is 1. The number of hydrogen-bond donors (Lipinski definition) is 3. The number of methoxy groups -OCH3 is 1. The first kappa shape index (κ1) is 22.3. The van der Waals surface area contributed by atoms with Crippen molar-refractivity contribution < 1.29 is 19.7 Å². The van der Waals surface area contributed by atoms with Crippen molar-refractivity contribution in [3.05, 3.63) is 45.1 Å². The minimum Gasteiger partial charge on any atom is -0.493 e. The molecule has 0 radical (unpaired) electrons. The summed E-state index contributed by atoms with van der Waals surface area (Å²) in [4.78, 5) is 3.35. The van der Waals surface area contributed by atoms with Gasteiger partial charge in [0.05, 0.1) is 17.6 Å². The molecule has 3 N–H and O–H groups in total. The number of nitrogens with zero attached hydrogens (tertiary/aromatic N) is 1. The zero-order valence-corrected chi connectivity index (χ0v) is 18.2. The van der Waals surface area contributed by atoms with Crippen LogP contribution < -0.4 is 14.8 Å². The lowest BCUT2D eigenvalue weighted by Crippen LogP contribution is -2.41. The Morgan fingerprint density at radius 2 is 2.00 bits per heavy atom. The van der Waals surface area contributed by atoms with Gasteiger partial charge in [0, 0.05) is 37.6 Å². The van der Waals surface area contributed by atoms with E-state index < -0.39 is 6.10 Å². The summed E-state index contributed by atoms with van der Waals surface area (Å²) in [5.41, 5.74) is 1.09. The van der Waals surface area contributed by atoms with Crippen LogP contribution in [0.5, 0.6) is 11.5 Å². The Hall–Kier alpha value is -1.35. The van der Waals surface area contributed by atoms with Crippen molar-refractivity contribution in [3.63, 3.8) is 0 Å². The minimum absolute atomic E-state index is 0.201. The molecule has 8 heteroatoms. The van der Waals surface area contributed by atoms with Gasteiger partial charge in [0.1, 0.15) is 12.7 Å². The number of halogens is 1. The zero-order chi connectivity index (χ0) is 20.6. The predicted octanol–water partition coefficient (Wildman–Crippen LogP) is 2.90. The summed E-state index contributed by atoms with van der Waals surface area (Å²) in [7, 11) is 1.61. The van der Waals surface area contributed by atoms with Crippen molar-refractivity contribution in [1.82, 2.24) is 10.2 Å². The molecule has 1 aromatic carbocycles. The molecule has 160 valence electrons. The third-order valence-corrected chi connectivity index (χ3v) is 6.17. The van der Waals surface area contributed by atoms with Gasteiger partial charge in [-0.1, -0.05) is 17.7 Å². The highest BCUT2D eigenvalue weighted by Gasteiger charge is 2.20. The summed E-state index contributed by atoms with van der Waals surface area (Å²) >= 11 is 7.53. The number of nitrogens with one attached hydrogen (secondary N) is 1. The molecule has 1 aliphatic rings. The molecular formula is C21H29ClN2O4S. The highest BCUT2D eigenvalue weighted by Crippen LogP contribution is 2.28. The van der Waals surface area contributed by atoms with Gasteiger partial charge in [0.2, 0.25) is 0 Å². The Kier molecular flexibility index (Phi) is 8.59. The Labute approximate surface area is 181 Å². The van der Waals surface area contributed by atoms with Gasteiger partial charge in [-0.25, -0.2) is 0 Å². The van der Waals surface area contributed by atoms with Gasteiger partial charge < -0.3 is 29.9 Å². The fourth-order valence-corrected chi connectivity index (χ4v) is 4.41. The van der Waals surface area contributed by atoms with E-state index >= 15 is 0 Å². The zero-order valence-electron chi connectivity index (χ0n) is 16.6. The van der Waals surface area contributed by atoms with Crippen molar-refractivity contribution in [3.8, 4) is 11.5 Å². The van der Waals surface area contributed by atoms with E-state index in [9.17, 15) is 10.2 Å². The molecule has 1 unspecified atom stereocenters. The number of β-amino-alcohol motifs (C(OH)–C–C–N with tert-alkyl or cyclic N) is 1. The van der Waals surface area contributed by atoms with E-state index in [-0.39, 0.29) is 12.7 Å². The fourth-order valence-electron chi connectivity index (χ4n) is 3.36. The summed E-state index contributed by atoms with van der Waals surface area (Å²) in [6.45, 7) is 3.82. The molecule has 1 saturated heterocycles. The van der Waals surface area contributed by atoms with E-state index in [2.05, 4.69) is 10.2 Å². The maximum absolute atomic E-state index is 10.3. The molecule has 1 aromatic heterocycles. The smallest absolute Gasteiger partial charge is 0.161 e. The monoisotopic (exact) mass is 440 g/mol. The fraction of sp³-hybridized carbons (Fsp3) is 0.524. The first-order valence-corrected chi connectivity index (χ1v) is 11.1. The van der Waals surface area contributed by atoms with Crippen LogP contribution in [-0.2, 0) is 13.1 Å². The number of likely N-dealkylation sites (tertiary alicyclic amines) is 1. The number of aliphatic hydroxyl groups is 2. The molecule has 0 saturated carbocycles. The van der Waals surface area contributed by atoms with Crippen molar-refractivity contribution in [2.45, 2.75) is 38.1 Å². The lowest BCUT2D eigenvalue weighted by Gasteiger charge is -2.30. The number of hydrogen-bond acceptors (Lipinski definition) is 7. The topological polar surface area (TPSA) is 74.2 Å². The first-order chi connectivity index (χ1) is 14.0. The van der Waals surface area contributed by atoms with Crippen LogP contribution in [0.3, 0.4) is 0 Å². The minimum atomic E-state index is -0.589. The van der Waals surface area contributed by atoms with Gasteiger partial charge >= 0.3 is 0 Å². The molecule has 0 amide bonds. The van der Waals surface area contributed by atoms with E-state index in [4.69, 9.17) is 21.1 Å². The van der Waals surface area contributed by atoms with Crippen LogP contribution in [-0.4, -0.2) is 60.7 Å². The number of benzene rings is 1. The lowest BCUT2D eigenvalue weighted by molar-refractivity contribution is 0.0333. The van der Waals surface area contributed by atoms with Crippen LogP contribution in [0.25, 0.3) is 0 Å². The third kappa shape index (κ3) is 7.13. The molecule has 1 fully saturated rings. The van der Waals surface area contributed by atoms with Gasteiger partial charge in [-0.2, -0.15) is 0 Å². The maximum Gasteiger partial charge on any atom is 0.161 e. The molecular weight excluding hydrogens is 412 g/mol. The molecule has 1 atom stereocenters. The van der Waals surface area contributed by atoms with E-state index in [1.807, 2.05) is 30.3 Å². The molecule has 0 bridgehead atoms. The SMILES string of the molecule is COc1cc(CNCc2ccc(Cl)s2)ccc1OCC(O)CN1CCC(O)CC1. The Balaban J connectivity index is 1.45. The molecule has 1 aliphatic heterocycles. The second kappa shape index (κ2) is 11.2. The Morgan fingerprint density at radius 1 is 1.21 bits per heavy atom. The molecule has 6 nitrogen and oxygen atoms in total. The van der Waals surface area contributed by atoms with Gasteiger partial charge in [0.25, 0.3) is 0 Å². The summed E-state index contributed by atoms with van der Waals surface area (Å²) in [6, 6.07) is 9.74. The first-order valence-electron chi connectivity index (χ1n) is 9.86. The van der Waals surface area contributed by atoms with E-state index in [0.29, 0.717) is 24.6 Å². The van der Waals surface area contributed by atoms with Crippen LogP contribution >= 0.6 is 22.9 Å². The third-order valence-electron chi connectivity index (χ3n) is 4.94. The highest BCUT2D eigenvalue weighted by molar-refractivity contribution is 7.16. The number of thiophene rings is 1. The average Bonchev–Trinajstić information content (AvgIpc) is 3.13. The van der Waals surface area contributed by atoms with Gasteiger partial charge in [-0.3, -0.25) is 0 Å². The summed E-state index contributed by atoms with van der Waals surface area (Å²) in [6.07, 6.45) is 0.723. The van der Waals surface area contributed by atoms with Gasteiger partial charge in [0.15, 0.2) is 11.5 Å². The van der Waals surface area contributed by atoms with Gasteiger partial charge in [-0.05, 0) is 42.7 Å². The van der Waals surface area contributed by atoms with Crippen LogP contribution in [0, 0.1) is 0 Å². The molecule has 0 aliphatic carbocycles. The molecule has 2 heterocycles. The maximum atomic E-state index is 10.3. The van der Waals surface area contributed by atoms with E-state index in [0.717, 1.165) is 42.4 Å². The van der Waals surface area contributed by atoms with Crippen molar-refractivity contribution in [2.24, 2.45) is 0 Å².